The molecule has 1 aromatic rings. The van der Waals surface area contributed by atoms with Gasteiger partial charge in [0.05, 0.1) is 0 Å². The summed E-state index contributed by atoms with van der Waals surface area (Å²) in [6.45, 7) is 6.91. The van der Waals surface area contributed by atoms with Crippen molar-refractivity contribution in [2.24, 2.45) is 10.9 Å². The predicted octanol–water partition coefficient (Wildman–Crippen LogP) is 2.56. The fourth-order valence-electron chi connectivity index (χ4n) is 3.21. The largest absolute Gasteiger partial charge is 0.381 e. The molecule has 7 heteroatoms. The Morgan fingerprint density at radius 1 is 1.25 bits per heavy atom. The monoisotopic (exact) mass is 500 g/mol. The number of nitrogens with one attached hydrogen (secondary N) is 2. The van der Waals surface area contributed by atoms with Gasteiger partial charge in [-0.2, -0.15) is 0 Å². The Balaban J connectivity index is 0.00000280. The first kappa shape index (κ1) is 22.9. The number of ether oxygens (including phenoxy) is 1. The summed E-state index contributed by atoms with van der Waals surface area (Å²) in [6, 6.07) is 8.35. The van der Waals surface area contributed by atoms with E-state index in [0.717, 1.165) is 51.6 Å². The molecule has 1 amide bonds. The van der Waals surface area contributed by atoms with E-state index in [1.165, 1.54) is 24.0 Å². The maximum Gasteiger partial charge on any atom is 0.244 e. The molecule has 156 valence electrons. The molecule has 0 bridgehead atoms. The molecule has 1 aliphatic carbocycles. The van der Waals surface area contributed by atoms with Crippen molar-refractivity contribution in [1.82, 2.24) is 15.5 Å². The number of amides is 1. The molecule has 6 nitrogen and oxygen atoms in total. The molecule has 1 fully saturated rings. The minimum atomic E-state index is 0. The van der Waals surface area contributed by atoms with Gasteiger partial charge < -0.3 is 20.3 Å². The number of benzene rings is 1. The zero-order chi connectivity index (χ0) is 18.9. The number of guanidine groups is 1. The highest BCUT2D eigenvalue weighted by Gasteiger charge is 2.21. The Morgan fingerprint density at radius 3 is 2.79 bits per heavy atom. The zero-order valence-corrected chi connectivity index (χ0v) is 19.1. The highest BCUT2D eigenvalue weighted by molar-refractivity contribution is 14.0. The van der Waals surface area contributed by atoms with E-state index in [1.807, 2.05) is 17.9 Å². The van der Waals surface area contributed by atoms with Gasteiger partial charge in [-0.25, -0.2) is 4.99 Å². The second-order valence-corrected chi connectivity index (χ2v) is 7.33. The SMILES string of the molecule is CCNC(=NCC(=O)N1CCc2ccccc2C1)NCCCOCC1CC1.I. The van der Waals surface area contributed by atoms with E-state index < -0.39 is 0 Å². The third-order valence-electron chi connectivity index (χ3n) is 5.01. The summed E-state index contributed by atoms with van der Waals surface area (Å²) >= 11 is 0. The minimum absolute atomic E-state index is 0. The fourth-order valence-corrected chi connectivity index (χ4v) is 3.21. The lowest BCUT2D eigenvalue weighted by molar-refractivity contribution is -0.130. The van der Waals surface area contributed by atoms with Crippen molar-refractivity contribution in [3.8, 4) is 0 Å². The fraction of sp³-hybridized carbons (Fsp3) is 0.619. The molecule has 1 saturated carbocycles. The van der Waals surface area contributed by atoms with Crippen LogP contribution in [0.15, 0.2) is 29.3 Å². The van der Waals surface area contributed by atoms with Gasteiger partial charge in [0.2, 0.25) is 5.91 Å². The number of aliphatic imine (C=N–C) groups is 1. The standard InChI is InChI=1S/C21H32N4O2.HI/c1-2-22-21(23-11-5-13-27-16-17-8-9-17)24-14-20(26)25-12-10-18-6-3-4-7-19(18)15-25;/h3-4,6-7,17H,2,5,8-16H2,1H3,(H2,22,23,24);1H. The first-order valence-corrected chi connectivity index (χ1v) is 10.2. The molecule has 1 heterocycles. The van der Waals surface area contributed by atoms with Crippen LogP contribution in [-0.4, -0.2) is 56.2 Å². The van der Waals surface area contributed by atoms with Crippen molar-refractivity contribution < 1.29 is 9.53 Å². The highest BCUT2D eigenvalue weighted by Crippen LogP contribution is 2.28. The molecule has 1 aliphatic heterocycles. The van der Waals surface area contributed by atoms with Gasteiger partial charge in [-0.05, 0) is 49.7 Å². The zero-order valence-electron chi connectivity index (χ0n) is 16.8. The van der Waals surface area contributed by atoms with Crippen molar-refractivity contribution >= 4 is 35.8 Å². The molecule has 2 aliphatic rings. The summed E-state index contributed by atoms with van der Waals surface area (Å²) in [7, 11) is 0. The van der Waals surface area contributed by atoms with Crippen LogP contribution < -0.4 is 10.6 Å². The van der Waals surface area contributed by atoms with Crippen LogP contribution in [0.5, 0.6) is 0 Å². The molecule has 0 radical (unpaired) electrons. The lowest BCUT2D eigenvalue weighted by atomic mass is 10.00. The van der Waals surface area contributed by atoms with Crippen molar-refractivity contribution in [3.05, 3.63) is 35.4 Å². The third kappa shape index (κ3) is 7.58. The summed E-state index contributed by atoms with van der Waals surface area (Å²) in [6.07, 6.45) is 4.51. The smallest absolute Gasteiger partial charge is 0.244 e. The summed E-state index contributed by atoms with van der Waals surface area (Å²) in [4.78, 5) is 18.9. The van der Waals surface area contributed by atoms with E-state index in [9.17, 15) is 4.79 Å². The Hall–Kier alpha value is -1.35. The number of rotatable bonds is 9. The molecule has 1 aromatic carbocycles. The predicted molar refractivity (Wildman–Crippen MR) is 123 cm³/mol. The first-order chi connectivity index (χ1) is 13.3. The van der Waals surface area contributed by atoms with Gasteiger partial charge in [-0.1, -0.05) is 24.3 Å². The van der Waals surface area contributed by atoms with Gasteiger partial charge in [-0.15, -0.1) is 24.0 Å². The number of halogens is 1. The average molecular weight is 500 g/mol. The van der Waals surface area contributed by atoms with E-state index in [-0.39, 0.29) is 36.4 Å². The summed E-state index contributed by atoms with van der Waals surface area (Å²) in [5, 5.41) is 6.49. The van der Waals surface area contributed by atoms with Gasteiger partial charge in [0.25, 0.3) is 0 Å². The topological polar surface area (TPSA) is 66.0 Å². The van der Waals surface area contributed by atoms with E-state index in [4.69, 9.17) is 4.74 Å². The van der Waals surface area contributed by atoms with E-state index >= 15 is 0 Å². The van der Waals surface area contributed by atoms with Crippen LogP contribution in [0.2, 0.25) is 0 Å². The third-order valence-corrected chi connectivity index (χ3v) is 5.01. The van der Waals surface area contributed by atoms with Crippen LogP contribution in [0.3, 0.4) is 0 Å². The maximum atomic E-state index is 12.5. The molecule has 0 spiro atoms. The lowest BCUT2D eigenvalue weighted by Crippen LogP contribution is -2.41. The number of fused-ring (bicyclic) bond motifs is 1. The molecule has 3 rings (SSSR count). The van der Waals surface area contributed by atoms with E-state index in [2.05, 4.69) is 33.8 Å². The van der Waals surface area contributed by atoms with Gasteiger partial charge in [0.15, 0.2) is 5.96 Å². The number of hydrogen-bond acceptors (Lipinski definition) is 3. The van der Waals surface area contributed by atoms with Gasteiger partial charge >= 0.3 is 0 Å². The second-order valence-electron chi connectivity index (χ2n) is 7.33. The Labute approximate surface area is 185 Å². The molecule has 0 unspecified atom stereocenters. The number of nitrogens with zero attached hydrogens (tertiary/aromatic N) is 2. The normalized spacial score (nSPS) is 16.2. The second kappa shape index (κ2) is 12.3. The van der Waals surface area contributed by atoms with Crippen molar-refractivity contribution in [1.29, 1.82) is 0 Å². The lowest BCUT2D eigenvalue weighted by Gasteiger charge is -2.28. The van der Waals surface area contributed by atoms with Crippen molar-refractivity contribution in [3.63, 3.8) is 0 Å². The van der Waals surface area contributed by atoms with E-state index in [0.29, 0.717) is 12.5 Å². The molecular formula is C21H33IN4O2. The number of carbonyl (C=O) groups excluding carboxylic acids is 1. The van der Waals surface area contributed by atoms with Crippen LogP contribution >= 0.6 is 24.0 Å². The molecule has 28 heavy (non-hydrogen) atoms. The summed E-state index contributed by atoms with van der Waals surface area (Å²) in [5.74, 6) is 1.59. The van der Waals surface area contributed by atoms with Gasteiger partial charge in [-0.3, -0.25) is 4.79 Å². The van der Waals surface area contributed by atoms with Gasteiger partial charge in [0, 0.05) is 39.4 Å². The number of carbonyl (C=O) groups is 1. The Bertz CT molecular complexity index is 649. The van der Waals surface area contributed by atoms with Crippen LogP contribution in [0, 0.1) is 5.92 Å². The van der Waals surface area contributed by atoms with E-state index in [1.54, 1.807) is 0 Å². The van der Waals surface area contributed by atoms with Crippen molar-refractivity contribution in [2.45, 2.75) is 39.2 Å². The Kier molecular flexibility index (Phi) is 10.0. The summed E-state index contributed by atoms with van der Waals surface area (Å²) in [5.41, 5.74) is 2.60. The van der Waals surface area contributed by atoms with Crippen LogP contribution in [0.1, 0.15) is 37.3 Å². The van der Waals surface area contributed by atoms with Crippen LogP contribution in [0.4, 0.5) is 0 Å². The molecule has 0 atom stereocenters. The van der Waals surface area contributed by atoms with Crippen LogP contribution in [0.25, 0.3) is 0 Å². The maximum absolute atomic E-state index is 12.5. The Morgan fingerprint density at radius 2 is 2.04 bits per heavy atom. The average Bonchev–Trinajstić information content (AvgIpc) is 3.52. The molecular weight excluding hydrogens is 467 g/mol. The molecule has 2 N–H and O–H groups in total. The minimum Gasteiger partial charge on any atom is -0.381 e. The summed E-state index contributed by atoms with van der Waals surface area (Å²) < 4.78 is 5.64. The number of hydrogen-bond donors (Lipinski definition) is 2. The molecule has 0 saturated heterocycles. The molecule has 0 aromatic heterocycles. The highest BCUT2D eigenvalue weighted by atomic mass is 127. The van der Waals surface area contributed by atoms with Gasteiger partial charge in [0.1, 0.15) is 6.54 Å². The first-order valence-electron chi connectivity index (χ1n) is 10.2. The quantitative estimate of drug-likeness (QED) is 0.237. The van der Waals surface area contributed by atoms with Crippen molar-refractivity contribution in [2.75, 3.05) is 39.4 Å². The van der Waals surface area contributed by atoms with Crippen LogP contribution in [-0.2, 0) is 22.5 Å².